The fourth-order valence-corrected chi connectivity index (χ4v) is 4.08. The molecule has 5 nitrogen and oxygen atoms in total. The number of hydrogen-bond acceptors (Lipinski definition) is 4. The summed E-state index contributed by atoms with van der Waals surface area (Å²) in [6.45, 7) is 0. The molecule has 9 heteroatoms. The van der Waals surface area contributed by atoms with Crippen LogP contribution in [0.2, 0.25) is 0 Å². The third-order valence-corrected chi connectivity index (χ3v) is 5.93. The average molecular weight is 434 g/mol. The van der Waals surface area contributed by atoms with Gasteiger partial charge in [-0.2, -0.15) is 0 Å². The fourth-order valence-electron chi connectivity index (χ4n) is 2.55. The molecule has 0 heterocycles. The summed E-state index contributed by atoms with van der Waals surface area (Å²) >= 11 is 5.16. The van der Waals surface area contributed by atoms with Crippen molar-refractivity contribution in [3.8, 4) is 5.75 Å². The third-order valence-electron chi connectivity index (χ3n) is 3.96. The van der Waals surface area contributed by atoms with Gasteiger partial charge in [0.2, 0.25) is 9.84 Å². The van der Waals surface area contributed by atoms with E-state index in [1.165, 1.54) is 43.5 Å². The summed E-state index contributed by atoms with van der Waals surface area (Å²) in [6.07, 6.45) is 0. The molecular weight excluding hydrogens is 418 g/mol. The van der Waals surface area contributed by atoms with E-state index in [-0.39, 0.29) is 26.3 Å². The normalized spacial score (nSPS) is 11.0. The Hall–Kier alpha value is -3.04. The van der Waals surface area contributed by atoms with Crippen LogP contribution in [0, 0.1) is 11.6 Å². The van der Waals surface area contributed by atoms with E-state index in [9.17, 15) is 17.2 Å². The van der Waals surface area contributed by atoms with Crippen LogP contribution in [-0.2, 0) is 9.84 Å². The zero-order valence-electron chi connectivity index (χ0n) is 15.1. The quantitative estimate of drug-likeness (QED) is 0.572. The molecule has 0 spiro atoms. The Balaban J connectivity index is 1.88. The zero-order valence-corrected chi connectivity index (χ0v) is 16.8. The van der Waals surface area contributed by atoms with Crippen molar-refractivity contribution in [3.63, 3.8) is 0 Å². The van der Waals surface area contributed by atoms with Crippen molar-refractivity contribution in [2.45, 2.75) is 9.79 Å². The smallest absolute Gasteiger partial charge is 0.206 e. The highest BCUT2D eigenvalue weighted by atomic mass is 32.2. The average Bonchev–Trinajstić information content (AvgIpc) is 2.70. The highest BCUT2D eigenvalue weighted by Gasteiger charge is 2.19. The molecule has 29 heavy (non-hydrogen) atoms. The van der Waals surface area contributed by atoms with Gasteiger partial charge in [0.1, 0.15) is 17.4 Å². The summed E-state index contributed by atoms with van der Waals surface area (Å²) in [6, 6.07) is 15.3. The number of ether oxygens (including phenoxy) is 1. The van der Waals surface area contributed by atoms with Crippen LogP contribution in [0.4, 0.5) is 20.2 Å². The Morgan fingerprint density at radius 2 is 1.59 bits per heavy atom. The van der Waals surface area contributed by atoms with E-state index < -0.39 is 21.5 Å². The van der Waals surface area contributed by atoms with Crippen molar-refractivity contribution in [1.82, 2.24) is 0 Å². The van der Waals surface area contributed by atoms with Crippen LogP contribution < -0.4 is 15.4 Å². The second-order valence-electron chi connectivity index (χ2n) is 5.88. The molecule has 0 unspecified atom stereocenters. The largest absolute Gasteiger partial charge is 0.495 e. The van der Waals surface area contributed by atoms with Gasteiger partial charge < -0.3 is 15.4 Å². The van der Waals surface area contributed by atoms with E-state index in [2.05, 4.69) is 10.6 Å². The number of hydrogen-bond donors (Lipinski definition) is 2. The molecule has 0 amide bonds. The molecule has 150 valence electrons. The topological polar surface area (TPSA) is 67.4 Å². The van der Waals surface area contributed by atoms with Crippen molar-refractivity contribution in [2.24, 2.45) is 0 Å². The third kappa shape index (κ3) is 4.69. The van der Waals surface area contributed by atoms with E-state index in [4.69, 9.17) is 17.0 Å². The number of halogens is 2. The maximum absolute atomic E-state index is 13.8. The van der Waals surface area contributed by atoms with Crippen LogP contribution in [0.25, 0.3) is 0 Å². The fraction of sp³-hybridized carbons (Fsp3) is 0.0500. The minimum Gasteiger partial charge on any atom is -0.495 e. The maximum atomic E-state index is 13.8. The van der Waals surface area contributed by atoms with Gasteiger partial charge in [-0.1, -0.05) is 18.2 Å². The lowest BCUT2D eigenvalue weighted by molar-refractivity contribution is 0.416. The molecule has 0 aliphatic heterocycles. The van der Waals surface area contributed by atoms with Crippen molar-refractivity contribution in [2.75, 3.05) is 17.7 Å². The van der Waals surface area contributed by atoms with Gasteiger partial charge in [-0.05, 0) is 54.7 Å². The highest BCUT2D eigenvalue weighted by Crippen LogP contribution is 2.30. The van der Waals surface area contributed by atoms with Crippen LogP contribution in [0.3, 0.4) is 0 Å². The minimum absolute atomic E-state index is 0.0249. The highest BCUT2D eigenvalue weighted by molar-refractivity contribution is 7.91. The Labute approximate surface area is 172 Å². The Morgan fingerprint density at radius 1 is 0.897 bits per heavy atom. The van der Waals surface area contributed by atoms with Gasteiger partial charge in [-0.15, -0.1) is 0 Å². The van der Waals surface area contributed by atoms with Crippen molar-refractivity contribution in [3.05, 3.63) is 78.4 Å². The Bertz CT molecular complexity index is 1150. The monoisotopic (exact) mass is 434 g/mol. The predicted octanol–water partition coefficient (Wildman–Crippen LogP) is 4.62. The molecule has 0 atom stereocenters. The van der Waals surface area contributed by atoms with E-state index >= 15 is 0 Å². The van der Waals surface area contributed by atoms with E-state index in [0.29, 0.717) is 5.75 Å². The van der Waals surface area contributed by atoms with Gasteiger partial charge in [0.25, 0.3) is 0 Å². The van der Waals surface area contributed by atoms with Crippen LogP contribution in [0.15, 0.2) is 76.5 Å². The molecule has 0 aliphatic rings. The molecule has 0 aromatic heterocycles. The first-order valence-electron chi connectivity index (χ1n) is 8.32. The number of benzene rings is 3. The standard InChI is InChI=1S/C20H16F2N2O3S2/c1-27-19-10-8-15(29(25,26)14-5-3-2-4-6-14)12-18(19)24-20(28)23-17-9-7-13(21)11-16(17)22/h2-12H,1H3,(H2,23,24,28). The van der Waals surface area contributed by atoms with Gasteiger partial charge >= 0.3 is 0 Å². The molecule has 2 N–H and O–H groups in total. The number of anilines is 2. The minimum atomic E-state index is -3.75. The summed E-state index contributed by atoms with van der Waals surface area (Å²) in [5, 5.41) is 5.36. The molecule has 0 radical (unpaired) electrons. The summed E-state index contributed by atoms with van der Waals surface area (Å²) in [4.78, 5) is 0.174. The van der Waals surface area contributed by atoms with E-state index in [0.717, 1.165) is 12.1 Å². The van der Waals surface area contributed by atoms with Crippen molar-refractivity contribution >= 4 is 38.5 Å². The lowest BCUT2D eigenvalue weighted by Crippen LogP contribution is -2.20. The first kappa shape index (κ1) is 20.7. The lowest BCUT2D eigenvalue weighted by Gasteiger charge is -2.15. The number of sulfone groups is 1. The summed E-state index contributed by atoms with van der Waals surface area (Å²) < 4.78 is 57.8. The predicted molar refractivity (Wildman–Crippen MR) is 111 cm³/mol. The molecule has 0 fully saturated rings. The van der Waals surface area contributed by atoms with Gasteiger partial charge in [0, 0.05) is 6.07 Å². The molecule has 3 rings (SSSR count). The number of nitrogens with one attached hydrogen (secondary N) is 2. The van der Waals surface area contributed by atoms with Gasteiger partial charge in [0.05, 0.1) is 28.3 Å². The second kappa shape index (κ2) is 8.54. The van der Waals surface area contributed by atoms with Gasteiger partial charge in [-0.3, -0.25) is 0 Å². The zero-order chi connectivity index (χ0) is 21.0. The molecule has 0 aliphatic carbocycles. The molecular formula is C20H16F2N2O3S2. The first-order chi connectivity index (χ1) is 13.8. The van der Waals surface area contributed by atoms with Gasteiger partial charge in [0.15, 0.2) is 5.11 Å². The Morgan fingerprint density at radius 3 is 2.24 bits per heavy atom. The molecule has 3 aromatic rings. The summed E-state index contributed by atoms with van der Waals surface area (Å²) in [5.74, 6) is -1.20. The van der Waals surface area contributed by atoms with Crippen LogP contribution in [0.5, 0.6) is 5.75 Å². The van der Waals surface area contributed by atoms with Crippen molar-refractivity contribution < 1.29 is 21.9 Å². The Kier molecular flexibility index (Phi) is 6.09. The van der Waals surface area contributed by atoms with Crippen LogP contribution >= 0.6 is 12.2 Å². The first-order valence-corrected chi connectivity index (χ1v) is 10.2. The van der Waals surface area contributed by atoms with E-state index in [1.807, 2.05) is 0 Å². The van der Waals surface area contributed by atoms with Crippen LogP contribution in [-0.4, -0.2) is 20.6 Å². The number of methoxy groups -OCH3 is 1. The SMILES string of the molecule is COc1ccc(S(=O)(=O)c2ccccc2)cc1NC(=S)Nc1ccc(F)cc1F. The van der Waals surface area contributed by atoms with Gasteiger partial charge in [-0.25, -0.2) is 17.2 Å². The second-order valence-corrected chi connectivity index (χ2v) is 8.24. The number of rotatable bonds is 5. The van der Waals surface area contributed by atoms with E-state index in [1.54, 1.807) is 18.2 Å². The molecule has 0 saturated heterocycles. The summed E-state index contributed by atoms with van der Waals surface area (Å²) in [5.41, 5.74) is 0.237. The van der Waals surface area contributed by atoms with Crippen LogP contribution in [0.1, 0.15) is 0 Å². The molecule has 3 aromatic carbocycles. The summed E-state index contributed by atoms with van der Waals surface area (Å²) in [7, 11) is -2.33. The molecule has 0 bridgehead atoms. The number of thiocarbonyl (C=S) groups is 1. The maximum Gasteiger partial charge on any atom is 0.206 e. The van der Waals surface area contributed by atoms with Crippen molar-refractivity contribution in [1.29, 1.82) is 0 Å². The molecule has 0 saturated carbocycles. The lowest BCUT2D eigenvalue weighted by atomic mass is 10.3.